The van der Waals surface area contributed by atoms with Crippen molar-refractivity contribution in [2.45, 2.75) is 6.42 Å². The molecule has 2 heterocycles. The minimum absolute atomic E-state index is 0.220. The van der Waals surface area contributed by atoms with Crippen LogP contribution < -0.4 is 5.32 Å². The van der Waals surface area contributed by atoms with Crippen LogP contribution in [-0.4, -0.2) is 32.0 Å². The molecule has 0 atom stereocenters. The molecule has 3 rings (SSSR count). The summed E-state index contributed by atoms with van der Waals surface area (Å²) in [6, 6.07) is 7.47. The fourth-order valence-electron chi connectivity index (χ4n) is 2.08. The number of imidazole rings is 1. The van der Waals surface area contributed by atoms with Gasteiger partial charge < -0.3 is 9.88 Å². The van der Waals surface area contributed by atoms with Gasteiger partial charge in [-0.1, -0.05) is 12.1 Å². The van der Waals surface area contributed by atoms with E-state index < -0.39 is 0 Å². The van der Waals surface area contributed by atoms with Crippen molar-refractivity contribution in [2.75, 3.05) is 6.54 Å². The number of rotatable bonds is 4. The summed E-state index contributed by atoms with van der Waals surface area (Å²) < 4.78 is 1.93. The van der Waals surface area contributed by atoms with Crippen LogP contribution in [0.25, 0.3) is 11.0 Å². The Morgan fingerprint density at radius 2 is 2.05 bits per heavy atom. The predicted octanol–water partition coefficient (Wildman–Crippen LogP) is 1.34. The number of carbonyl (C=O) groups is 1. The Morgan fingerprint density at radius 1 is 1.24 bits per heavy atom. The van der Waals surface area contributed by atoms with Gasteiger partial charge in [0.1, 0.15) is 11.5 Å². The van der Waals surface area contributed by atoms with E-state index >= 15 is 0 Å². The summed E-state index contributed by atoms with van der Waals surface area (Å²) in [6.07, 6.45) is 5.80. The first kappa shape index (κ1) is 13.2. The number of para-hydroxylation sites is 2. The summed E-state index contributed by atoms with van der Waals surface area (Å²) in [5.74, 6) is 0.711. The van der Waals surface area contributed by atoms with E-state index in [1.54, 1.807) is 6.20 Å². The van der Waals surface area contributed by atoms with Crippen molar-refractivity contribution in [3.05, 3.63) is 54.4 Å². The standard InChI is InChI=1S/C15H15N5O/c1-20-9-8-16-14(20)6-7-17-15(21)13-10-18-11-4-2-3-5-12(11)19-13/h2-5,8-10H,6-7H2,1H3,(H,17,21). The molecule has 3 aromatic rings. The third kappa shape index (κ3) is 2.89. The summed E-state index contributed by atoms with van der Waals surface area (Å²) in [5, 5.41) is 2.83. The minimum atomic E-state index is -0.220. The van der Waals surface area contributed by atoms with Crippen molar-refractivity contribution in [3.63, 3.8) is 0 Å². The average molecular weight is 281 g/mol. The fourth-order valence-corrected chi connectivity index (χ4v) is 2.08. The molecule has 1 aromatic carbocycles. The summed E-state index contributed by atoms with van der Waals surface area (Å²) >= 11 is 0. The van der Waals surface area contributed by atoms with Crippen LogP contribution in [0.1, 0.15) is 16.3 Å². The van der Waals surface area contributed by atoms with Gasteiger partial charge in [-0.15, -0.1) is 0 Å². The van der Waals surface area contributed by atoms with Gasteiger partial charge in [-0.2, -0.15) is 0 Å². The Kier molecular flexibility index (Phi) is 3.59. The molecule has 0 aliphatic carbocycles. The second-order valence-corrected chi connectivity index (χ2v) is 4.70. The first-order valence-electron chi connectivity index (χ1n) is 6.70. The summed E-state index contributed by atoms with van der Waals surface area (Å²) in [7, 11) is 1.93. The first-order valence-corrected chi connectivity index (χ1v) is 6.70. The van der Waals surface area contributed by atoms with Crippen molar-refractivity contribution in [2.24, 2.45) is 7.05 Å². The number of nitrogens with one attached hydrogen (secondary N) is 1. The Morgan fingerprint density at radius 3 is 2.81 bits per heavy atom. The van der Waals surface area contributed by atoms with E-state index in [4.69, 9.17) is 0 Å². The molecule has 1 amide bonds. The lowest BCUT2D eigenvalue weighted by Gasteiger charge is -2.05. The third-order valence-electron chi connectivity index (χ3n) is 3.24. The van der Waals surface area contributed by atoms with Crippen LogP contribution in [-0.2, 0) is 13.5 Å². The van der Waals surface area contributed by atoms with Gasteiger partial charge in [0.05, 0.1) is 17.2 Å². The van der Waals surface area contributed by atoms with Gasteiger partial charge in [-0.05, 0) is 12.1 Å². The molecule has 0 aliphatic rings. The molecule has 6 heteroatoms. The first-order chi connectivity index (χ1) is 10.2. The Bertz CT molecular complexity index is 780. The molecule has 1 N–H and O–H groups in total. The molecule has 0 fully saturated rings. The number of hydrogen-bond donors (Lipinski definition) is 1. The largest absolute Gasteiger partial charge is 0.350 e. The predicted molar refractivity (Wildman–Crippen MR) is 78.8 cm³/mol. The second kappa shape index (κ2) is 5.70. The highest BCUT2D eigenvalue weighted by Gasteiger charge is 2.09. The molecule has 0 unspecified atom stereocenters. The number of fused-ring (bicyclic) bond motifs is 1. The Labute approximate surface area is 121 Å². The van der Waals surface area contributed by atoms with Gasteiger partial charge in [-0.25, -0.2) is 9.97 Å². The zero-order valence-electron chi connectivity index (χ0n) is 11.7. The third-order valence-corrected chi connectivity index (χ3v) is 3.24. The average Bonchev–Trinajstić information content (AvgIpc) is 2.92. The monoisotopic (exact) mass is 281 g/mol. The summed E-state index contributed by atoms with van der Waals surface area (Å²) in [4.78, 5) is 24.8. The Balaban J connectivity index is 1.65. The SMILES string of the molecule is Cn1ccnc1CCNC(=O)c1cnc2ccccc2n1. The van der Waals surface area contributed by atoms with E-state index in [1.165, 1.54) is 6.20 Å². The van der Waals surface area contributed by atoms with E-state index in [2.05, 4.69) is 20.3 Å². The Hall–Kier alpha value is -2.76. The molecule has 0 radical (unpaired) electrons. The number of aryl methyl sites for hydroxylation is 1. The van der Waals surface area contributed by atoms with Crippen LogP contribution in [0.15, 0.2) is 42.9 Å². The lowest BCUT2D eigenvalue weighted by atomic mass is 10.3. The number of nitrogens with zero attached hydrogens (tertiary/aromatic N) is 4. The van der Waals surface area contributed by atoms with Crippen molar-refractivity contribution >= 4 is 16.9 Å². The molecule has 6 nitrogen and oxygen atoms in total. The van der Waals surface area contributed by atoms with Gasteiger partial charge >= 0.3 is 0 Å². The van der Waals surface area contributed by atoms with Crippen LogP contribution in [0.5, 0.6) is 0 Å². The molecule has 0 bridgehead atoms. The molecule has 0 saturated carbocycles. The van der Waals surface area contributed by atoms with E-state index in [-0.39, 0.29) is 5.91 Å². The molecular weight excluding hydrogens is 266 g/mol. The number of amides is 1. The van der Waals surface area contributed by atoms with E-state index in [0.29, 0.717) is 24.2 Å². The highest BCUT2D eigenvalue weighted by molar-refractivity contribution is 5.93. The normalized spacial score (nSPS) is 10.7. The number of aromatic nitrogens is 4. The highest BCUT2D eigenvalue weighted by atomic mass is 16.1. The summed E-state index contributed by atoms with van der Waals surface area (Å²) in [6.45, 7) is 0.512. The second-order valence-electron chi connectivity index (χ2n) is 4.70. The van der Waals surface area contributed by atoms with Gasteiger partial charge in [0.15, 0.2) is 0 Å². The fraction of sp³-hybridized carbons (Fsp3) is 0.200. The maximum Gasteiger partial charge on any atom is 0.271 e. The number of benzene rings is 1. The zero-order valence-corrected chi connectivity index (χ0v) is 11.7. The topological polar surface area (TPSA) is 72.7 Å². The smallest absolute Gasteiger partial charge is 0.271 e. The molecule has 0 saturated heterocycles. The van der Waals surface area contributed by atoms with Crippen LogP contribution in [0.4, 0.5) is 0 Å². The van der Waals surface area contributed by atoms with Crippen molar-refractivity contribution in [1.82, 2.24) is 24.8 Å². The quantitative estimate of drug-likeness (QED) is 0.783. The lowest BCUT2D eigenvalue weighted by molar-refractivity contribution is 0.0949. The zero-order chi connectivity index (χ0) is 14.7. The van der Waals surface area contributed by atoms with Gasteiger partial charge in [0.2, 0.25) is 0 Å². The van der Waals surface area contributed by atoms with Gasteiger partial charge in [-0.3, -0.25) is 9.78 Å². The minimum Gasteiger partial charge on any atom is -0.350 e. The maximum absolute atomic E-state index is 12.1. The lowest BCUT2D eigenvalue weighted by Crippen LogP contribution is -2.27. The van der Waals surface area contributed by atoms with Crippen LogP contribution in [0.2, 0.25) is 0 Å². The van der Waals surface area contributed by atoms with Crippen LogP contribution in [0.3, 0.4) is 0 Å². The molecule has 2 aromatic heterocycles. The van der Waals surface area contributed by atoms with E-state index in [9.17, 15) is 4.79 Å². The number of carbonyl (C=O) groups excluding carboxylic acids is 1. The van der Waals surface area contributed by atoms with Crippen molar-refractivity contribution < 1.29 is 4.79 Å². The molecule has 106 valence electrons. The highest BCUT2D eigenvalue weighted by Crippen LogP contribution is 2.08. The summed E-state index contributed by atoms with van der Waals surface area (Å²) in [5.41, 5.74) is 1.82. The number of hydrogen-bond acceptors (Lipinski definition) is 4. The van der Waals surface area contributed by atoms with E-state index in [0.717, 1.165) is 11.3 Å². The molecule has 21 heavy (non-hydrogen) atoms. The van der Waals surface area contributed by atoms with Crippen molar-refractivity contribution in [3.8, 4) is 0 Å². The van der Waals surface area contributed by atoms with Gasteiger partial charge in [0, 0.05) is 32.4 Å². The van der Waals surface area contributed by atoms with Crippen molar-refractivity contribution in [1.29, 1.82) is 0 Å². The van der Waals surface area contributed by atoms with Crippen LogP contribution in [0, 0.1) is 0 Å². The maximum atomic E-state index is 12.1. The molecule has 0 spiro atoms. The van der Waals surface area contributed by atoms with Gasteiger partial charge in [0.25, 0.3) is 5.91 Å². The van der Waals surface area contributed by atoms with E-state index in [1.807, 2.05) is 42.1 Å². The molecular formula is C15H15N5O. The van der Waals surface area contributed by atoms with Crippen LogP contribution >= 0.6 is 0 Å². The molecule has 0 aliphatic heterocycles.